The molecule has 0 fully saturated rings. The molecule has 0 spiro atoms. The van der Waals surface area contributed by atoms with Gasteiger partial charge in [0.1, 0.15) is 12.4 Å². The van der Waals surface area contributed by atoms with Gasteiger partial charge in [-0.3, -0.25) is 4.79 Å². The van der Waals surface area contributed by atoms with Gasteiger partial charge >= 0.3 is 0 Å². The summed E-state index contributed by atoms with van der Waals surface area (Å²) in [4.78, 5) is 11.9. The molecule has 4 nitrogen and oxygen atoms in total. The van der Waals surface area contributed by atoms with Gasteiger partial charge in [0.15, 0.2) is 0 Å². The molecule has 1 N–H and O–H groups in total. The fraction of sp³-hybridized carbons (Fsp3) is 0.500. The zero-order valence-electron chi connectivity index (χ0n) is 11.4. The minimum absolute atomic E-state index is 0.0578. The summed E-state index contributed by atoms with van der Waals surface area (Å²) in [5.74, 6) is 0.653. The number of hydrogen-bond donors (Lipinski definition) is 1. The number of rotatable bonds is 8. The highest BCUT2D eigenvalue weighted by Gasteiger charge is 2.08. The Balaban J connectivity index is 2.57. The summed E-state index contributed by atoms with van der Waals surface area (Å²) in [5, 5.41) is 2.88. The zero-order chi connectivity index (χ0) is 14.1. The van der Waals surface area contributed by atoms with Crippen LogP contribution in [0, 0.1) is 0 Å². The molecular weight excluding hydrogens is 310 g/mol. The van der Waals surface area contributed by atoms with Gasteiger partial charge in [0.2, 0.25) is 0 Å². The van der Waals surface area contributed by atoms with Crippen molar-refractivity contribution in [2.75, 3.05) is 26.9 Å². The van der Waals surface area contributed by atoms with E-state index in [-0.39, 0.29) is 5.91 Å². The maximum absolute atomic E-state index is 11.9. The van der Waals surface area contributed by atoms with E-state index in [1.165, 1.54) is 0 Å². The van der Waals surface area contributed by atoms with E-state index < -0.39 is 0 Å². The highest BCUT2D eigenvalue weighted by Crippen LogP contribution is 2.25. The van der Waals surface area contributed by atoms with E-state index >= 15 is 0 Å². The first-order valence-corrected chi connectivity index (χ1v) is 7.17. The number of halogens is 1. The fourth-order valence-electron chi connectivity index (χ4n) is 1.47. The lowest BCUT2D eigenvalue weighted by atomic mass is 10.2. The third-order valence-corrected chi connectivity index (χ3v) is 3.17. The molecule has 19 heavy (non-hydrogen) atoms. The highest BCUT2D eigenvalue weighted by molar-refractivity contribution is 9.10. The predicted molar refractivity (Wildman–Crippen MR) is 78.8 cm³/mol. The van der Waals surface area contributed by atoms with Gasteiger partial charge in [-0.05, 0) is 40.5 Å². The summed E-state index contributed by atoms with van der Waals surface area (Å²) in [6.45, 7) is 3.82. The summed E-state index contributed by atoms with van der Waals surface area (Å²) in [5.41, 5.74) is 0.627. The fourth-order valence-corrected chi connectivity index (χ4v) is 1.97. The molecule has 0 radical (unpaired) electrons. The molecule has 1 amide bonds. The molecule has 0 aliphatic carbocycles. The Morgan fingerprint density at radius 1 is 1.37 bits per heavy atom. The van der Waals surface area contributed by atoms with Crippen LogP contribution in [0.3, 0.4) is 0 Å². The highest BCUT2D eigenvalue weighted by atomic mass is 79.9. The van der Waals surface area contributed by atoms with Crippen LogP contribution in [-0.2, 0) is 4.74 Å². The Morgan fingerprint density at radius 3 is 2.79 bits per heavy atom. The van der Waals surface area contributed by atoms with Crippen molar-refractivity contribution in [2.24, 2.45) is 0 Å². The number of ether oxygens (including phenoxy) is 2. The Bertz CT molecular complexity index is 410. The van der Waals surface area contributed by atoms with Gasteiger partial charge in [0, 0.05) is 19.2 Å². The van der Waals surface area contributed by atoms with E-state index in [9.17, 15) is 4.79 Å². The Hall–Kier alpha value is -1.07. The lowest BCUT2D eigenvalue weighted by molar-refractivity contribution is 0.0953. The molecule has 0 aliphatic rings. The van der Waals surface area contributed by atoms with Crippen LogP contribution >= 0.6 is 15.9 Å². The van der Waals surface area contributed by atoms with Gasteiger partial charge in [0.05, 0.1) is 11.1 Å². The quantitative estimate of drug-likeness (QED) is 0.746. The number of nitrogens with one attached hydrogen (secondary N) is 1. The summed E-state index contributed by atoms with van der Waals surface area (Å²) in [6, 6.07) is 5.31. The van der Waals surface area contributed by atoms with E-state index in [0.717, 1.165) is 17.3 Å². The van der Waals surface area contributed by atoms with Gasteiger partial charge in [-0.2, -0.15) is 0 Å². The van der Waals surface area contributed by atoms with Crippen LogP contribution < -0.4 is 10.1 Å². The van der Waals surface area contributed by atoms with Crippen LogP contribution in [0.4, 0.5) is 0 Å². The summed E-state index contributed by atoms with van der Waals surface area (Å²) in [7, 11) is 1.63. The third-order valence-electron chi connectivity index (χ3n) is 2.55. The molecule has 0 atom stereocenters. The first kappa shape index (κ1) is 16.0. The van der Waals surface area contributed by atoms with Crippen molar-refractivity contribution >= 4 is 21.8 Å². The van der Waals surface area contributed by atoms with Crippen molar-refractivity contribution in [3.8, 4) is 5.75 Å². The number of benzene rings is 1. The molecule has 0 aliphatic heterocycles. The van der Waals surface area contributed by atoms with Gasteiger partial charge in [0.25, 0.3) is 5.91 Å². The zero-order valence-corrected chi connectivity index (χ0v) is 13.0. The van der Waals surface area contributed by atoms with Crippen LogP contribution in [0.25, 0.3) is 0 Å². The van der Waals surface area contributed by atoms with E-state index in [2.05, 4.69) is 28.2 Å². The number of hydrogen-bond acceptors (Lipinski definition) is 3. The van der Waals surface area contributed by atoms with Crippen LogP contribution in [0.2, 0.25) is 0 Å². The van der Waals surface area contributed by atoms with Crippen molar-refractivity contribution < 1.29 is 14.3 Å². The molecule has 5 heteroatoms. The molecule has 0 unspecified atom stereocenters. The topological polar surface area (TPSA) is 47.6 Å². The second-order valence-corrected chi connectivity index (χ2v) is 4.95. The van der Waals surface area contributed by atoms with Crippen molar-refractivity contribution in [2.45, 2.75) is 19.8 Å². The Kier molecular flexibility index (Phi) is 7.52. The minimum Gasteiger partial charge on any atom is -0.490 e. The Labute approximate surface area is 122 Å². The van der Waals surface area contributed by atoms with Gasteiger partial charge < -0.3 is 14.8 Å². The average Bonchev–Trinajstić information content (AvgIpc) is 2.41. The largest absolute Gasteiger partial charge is 0.490 e. The monoisotopic (exact) mass is 329 g/mol. The Morgan fingerprint density at radius 2 is 2.16 bits per heavy atom. The summed E-state index contributed by atoms with van der Waals surface area (Å²) >= 11 is 3.40. The van der Waals surface area contributed by atoms with Crippen molar-refractivity contribution in [1.29, 1.82) is 0 Å². The molecule has 1 aromatic carbocycles. The summed E-state index contributed by atoms with van der Waals surface area (Å²) < 4.78 is 11.2. The van der Waals surface area contributed by atoms with Gasteiger partial charge in [-0.1, -0.05) is 13.3 Å². The van der Waals surface area contributed by atoms with Crippen molar-refractivity contribution in [1.82, 2.24) is 5.32 Å². The molecule has 1 rings (SSSR count). The first-order chi connectivity index (χ1) is 9.19. The normalized spacial score (nSPS) is 10.3. The standard InChI is InChI=1S/C14H20BrNO3/c1-3-4-7-16-14(17)11-5-6-13(12(15)10-11)19-9-8-18-2/h5-6,10H,3-4,7-9H2,1-2H3,(H,16,17). The lowest BCUT2D eigenvalue weighted by Crippen LogP contribution is -2.24. The molecular formula is C14H20BrNO3. The van der Waals surface area contributed by atoms with Crippen LogP contribution in [0.1, 0.15) is 30.1 Å². The van der Waals surface area contributed by atoms with Crippen LogP contribution in [0.15, 0.2) is 22.7 Å². The first-order valence-electron chi connectivity index (χ1n) is 6.38. The molecule has 106 valence electrons. The average molecular weight is 330 g/mol. The molecule has 0 aromatic heterocycles. The molecule has 0 heterocycles. The van der Waals surface area contributed by atoms with E-state index in [1.807, 2.05) is 0 Å². The number of carbonyl (C=O) groups is 1. The molecule has 1 aromatic rings. The predicted octanol–water partition coefficient (Wildman–Crippen LogP) is 3.00. The van der Waals surface area contributed by atoms with Gasteiger partial charge in [-0.15, -0.1) is 0 Å². The number of unbranched alkanes of at least 4 members (excludes halogenated alkanes) is 1. The lowest BCUT2D eigenvalue weighted by Gasteiger charge is -2.09. The van der Waals surface area contributed by atoms with Crippen molar-refractivity contribution in [3.63, 3.8) is 0 Å². The molecule has 0 bridgehead atoms. The minimum atomic E-state index is -0.0578. The van der Waals surface area contributed by atoms with E-state index in [4.69, 9.17) is 9.47 Å². The van der Waals surface area contributed by atoms with Crippen LogP contribution in [0.5, 0.6) is 5.75 Å². The second kappa shape index (κ2) is 8.93. The number of amides is 1. The SMILES string of the molecule is CCCCNC(=O)c1ccc(OCCOC)c(Br)c1. The molecule has 0 saturated carbocycles. The third kappa shape index (κ3) is 5.61. The smallest absolute Gasteiger partial charge is 0.251 e. The van der Waals surface area contributed by atoms with E-state index in [0.29, 0.717) is 31.1 Å². The summed E-state index contributed by atoms with van der Waals surface area (Å²) in [6.07, 6.45) is 2.06. The number of carbonyl (C=O) groups excluding carboxylic acids is 1. The van der Waals surface area contributed by atoms with Crippen molar-refractivity contribution in [3.05, 3.63) is 28.2 Å². The maximum atomic E-state index is 11.9. The second-order valence-electron chi connectivity index (χ2n) is 4.10. The molecule has 0 saturated heterocycles. The maximum Gasteiger partial charge on any atom is 0.251 e. The van der Waals surface area contributed by atoms with E-state index in [1.54, 1.807) is 25.3 Å². The number of methoxy groups -OCH3 is 1. The van der Waals surface area contributed by atoms with Crippen LogP contribution in [-0.4, -0.2) is 32.8 Å². The van der Waals surface area contributed by atoms with Gasteiger partial charge in [-0.25, -0.2) is 0 Å².